The van der Waals surface area contributed by atoms with Crippen LogP contribution in [0, 0.1) is 5.41 Å². The van der Waals surface area contributed by atoms with E-state index in [2.05, 4.69) is 13.8 Å². The first-order valence-corrected chi connectivity index (χ1v) is 27.7. The maximum absolute atomic E-state index is 11.6. The number of benzene rings is 1. The Hall–Kier alpha value is -4.40. The molecule has 7 heterocycles. The van der Waals surface area contributed by atoms with E-state index in [-0.39, 0.29) is 61.3 Å². The highest BCUT2D eigenvalue weighted by Gasteiger charge is 2.46. The van der Waals surface area contributed by atoms with Crippen LogP contribution in [0.3, 0.4) is 0 Å². The summed E-state index contributed by atoms with van der Waals surface area (Å²) in [6.45, 7) is 31.2. The van der Waals surface area contributed by atoms with Gasteiger partial charge >= 0.3 is 85.4 Å². The molecule has 0 bridgehead atoms. The van der Waals surface area contributed by atoms with Crippen molar-refractivity contribution in [3.63, 3.8) is 0 Å². The second kappa shape index (κ2) is 44.9. The number of fused-ring (bicyclic) bond motifs is 1. The van der Waals surface area contributed by atoms with Gasteiger partial charge in [-0.2, -0.15) is 0 Å². The highest BCUT2D eigenvalue weighted by Crippen LogP contribution is 2.33. The van der Waals surface area contributed by atoms with E-state index in [1.165, 1.54) is 48.2 Å². The first-order chi connectivity index (χ1) is 40.6. The highest BCUT2D eigenvalue weighted by atomic mass is 16.7. The summed E-state index contributed by atoms with van der Waals surface area (Å²) in [4.78, 5) is 71.8. The van der Waals surface area contributed by atoms with E-state index in [0.717, 1.165) is 67.4 Å². The average Bonchev–Trinajstić information content (AvgIpc) is 2.43. The minimum Gasteiger partial charge on any atom is -0.524 e. The van der Waals surface area contributed by atoms with E-state index >= 15 is 0 Å². The van der Waals surface area contributed by atoms with Crippen molar-refractivity contribution in [1.82, 2.24) is 9.80 Å². The molecular formula is C51H88B8N2O26. The monoisotopic (exact) mass is 1230 g/mol. The van der Waals surface area contributed by atoms with Crippen molar-refractivity contribution in [3.05, 3.63) is 24.3 Å². The molecule has 36 heteroatoms. The number of rotatable bonds is 14. The van der Waals surface area contributed by atoms with Gasteiger partial charge in [-0.1, -0.05) is 33.4 Å². The quantitative estimate of drug-likeness (QED) is 0.111. The summed E-state index contributed by atoms with van der Waals surface area (Å²) in [6, 6.07) is 7.53. The summed E-state index contributed by atoms with van der Waals surface area (Å²) in [5.74, 6) is -1.55. The Labute approximate surface area is 520 Å². The van der Waals surface area contributed by atoms with Crippen molar-refractivity contribution in [2.75, 3.05) is 81.0 Å². The molecule has 6 fully saturated rings. The molecule has 8 rings (SSSR count). The van der Waals surface area contributed by atoms with Gasteiger partial charge in [0.2, 0.25) is 0 Å². The normalized spacial score (nSPS) is 22.2. The zero-order valence-electron chi connectivity index (χ0n) is 52.9. The lowest BCUT2D eigenvalue weighted by Gasteiger charge is -2.32. The predicted molar refractivity (Wildman–Crippen MR) is 319 cm³/mol. The van der Waals surface area contributed by atoms with Crippen LogP contribution < -0.4 is 9.31 Å². The Morgan fingerprint density at radius 3 is 1.10 bits per heavy atom. The topological polar surface area (TPSA) is 294 Å². The van der Waals surface area contributed by atoms with E-state index < -0.39 is 60.5 Å². The zero-order valence-corrected chi connectivity index (χ0v) is 52.9. The van der Waals surface area contributed by atoms with Gasteiger partial charge in [0.1, 0.15) is 11.5 Å². The van der Waals surface area contributed by atoms with Crippen molar-refractivity contribution in [2.24, 2.45) is 5.41 Å². The number of hydrogen-bond acceptors (Lipinski definition) is 26. The fraction of sp³-hybridized carbons (Fsp3) is 0.765. The third-order valence-electron chi connectivity index (χ3n) is 11.2. The van der Waals surface area contributed by atoms with E-state index in [9.17, 15) is 28.8 Å². The number of nitrogens with zero attached hydrogens (tertiary/aromatic N) is 2. The van der Waals surface area contributed by atoms with Gasteiger partial charge in [-0.05, 0) is 102 Å². The lowest BCUT2D eigenvalue weighted by Crippen LogP contribution is -2.47. The molecule has 6 atom stereocenters. The Morgan fingerprint density at radius 1 is 0.506 bits per heavy atom. The molecule has 87 heavy (non-hydrogen) atoms. The number of likely N-dealkylation sites (N-methyl/N-ethyl adjacent to an activating group) is 2. The number of amides is 2. The molecule has 2 amide bonds. The molecule has 8 radical (unpaired) electrons. The number of para-hydroxylation sites is 2. The SMILES string of the molecule is C.CC(C)OC(=O)C1O[B]OC1C(=O)OC(C)C.CC1(C)CO[B]OC1.CC1(C)O[B]OC1(C)C.CCOC(=O)C1O[B]OC1C(=O)OCC.CCO[B]OCC.CN(C)C(=O)C1O[B]OC1C(=O)N(C)C.[B]1OCCCO1.[B]1Oc2ccccc2O1. The maximum atomic E-state index is 11.6. The van der Waals surface area contributed by atoms with Gasteiger partial charge < -0.3 is 103 Å². The summed E-state index contributed by atoms with van der Waals surface area (Å²) in [7, 11) is 16.2. The van der Waals surface area contributed by atoms with Gasteiger partial charge in [0, 0.05) is 73.2 Å². The van der Waals surface area contributed by atoms with Crippen molar-refractivity contribution in [2.45, 2.75) is 171 Å². The smallest absolute Gasteiger partial charge is 0.524 e. The maximum Gasteiger partial charge on any atom is 0.658 e. The summed E-state index contributed by atoms with van der Waals surface area (Å²) in [5, 5.41) is 0. The zero-order chi connectivity index (χ0) is 64.9. The fourth-order valence-corrected chi connectivity index (χ4v) is 6.02. The molecule has 0 N–H and O–H groups in total. The lowest BCUT2D eigenvalue weighted by molar-refractivity contribution is -0.167. The Balaban J connectivity index is 0.000000992. The summed E-state index contributed by atoms with van der Waals surface area (Å²) >= 11 is 0. The summed E-state index contributed by atoms with van der Waals surface area (Å²) in [5.41, 5.74) is -0.172. The third kappa shape index (κ3) is 32.8. The molecule has 28 nitrogen and oxygen atoms in total. The van der Waals surface area contributed by atoms with E-state index in [0.29, 0.717) is 13.2 Å². The van der Waals surface area contributed by atoms with Crippen molar-refractivity contribution in [1.29, 1.82) is 0 Å². The van der Waals surface area contributed by atoms with Crippen molar-refractivity contribution in [3.8, 4) is 11.5 Å². The Kier molecular flexibility index (Phi) is 42.7. The molecule has 0 spiro atoms. The van der Waals surface area contributed by atoms with Crippen LogP contribution in [0.15, 0.2) is 24.3 Å². The van der Waals surface area contributed by atoms with Crippen LogP contribution in [-0.4, -0.2) is 248 Å². The Bertz CT molecular complexity index is 1960. The molecule has 7 aliphatic rings. The first kappa shape index (κ1) is 82.6. The van der Waals surface area contributed by atoms with E-state index in [1.54, 1.807) is 69.7 Å². The molecule has 0 saturated carbocycles. The van der Waals surface area contributed by atoms with Crippen LogP contribution in [0.1, 0.15) is 111 Å². The lowest BCUT2D eigenvalue weighted by atomic mass is 9.90. The minimum absolute atomic E-state index is 0. The van der Waals surface area contributed by atoms with E-state index in [1.807, 2.05) is 65.8 Å². The molecule has 7 aliphatic heterocycles. The fourth-order valence-electron chi connectivity index (χ4n) is 6.02. The standard InChI is InChI=1S/C10H16BO6.C8H14BN2O4.C8H12BO6.C6H4BO2.C6H12BO2.C5H10BO2.C4H10BO2.C3H6BO2.CH4/c1-5(2)14-9(12)7-8(17-11-16-7)10(13)15-6(3)4;1-10(2)7(12)5-6(15-9-14-5)8(13)11(3)4;1-3-12-7(10)5-6(15-9-14-5)8(11)13-4-2;1-2-4-6-5(3-1)8-7-9-6;1-5(2)6(3,4)9-7-8-5;1-5(2)3-7-6-8-4-5;1-3-6-5-7-4-2;1-2-5-4-6-3-1;/h5-8H,1-4H3;5-6H,1-4H3;5-6H,3-4H2,1-2H3;1-4H;1-4H3;3-4H2,1-2H3;3-4H2,1-2H3;1-3H2;1H4. The van der Waals surface area contributed by atoms with Crippen molar-refractivity contribution >= 4 is 97.2 Å². The predicted octanol–water partition coefficient (Wildman–Crippen LogP) is 2.02. The first-order valence-electron chi connectivity index (χ1n) is 27.7. The van der Waals surface area contributed by atoms with Crippen LogP contribution in [0.4, 0.5) is 0 Å². The van der Waals surface area contributed by atoms with Crippen LogP contribution in [0.2, 0.25) is 0 Å². The molecule has 1 aromatic rings. The van der Waals surface area contributed by atoms with Crippen molar-refractivity contribution < 1.29 is 122 Å². The van der Waals surface area contributed by atoms with Crippen LogP contribution in [0.5, 0.6) is 11.5 Å². The number of carbonyl (C=O) groups excluding carboxylic acids is 6. The van der Waals surface area contributed by atoms with Gasteiger partial charge in [-0.15, -0.1) is 0 Å². The number of esters is 4. The van der Waals surface area contributed by atoms with E-state index in [4.69, 9.17) is 93.4 Å². The Morgan fingerprint density at radius 2 is 0.851 bits per heavy atom. The van der Waals surface area contributed by atoms with Gasteiger partial charge in [-0.3, -0.25) is 9.59 Å². The second-order valence-corrected chi connectivity index (χ2v) is 20.8. The molecule has 1 aromatic carbocycles. The van der Waals surface area contributed by atoms with Gasteiger partial charge in [-0.25, -0.2) is 19.2 Å². The molecule has 6 saturated heterocycles. The molecule has 6 unspecified atom stereocenters. The third-order valence-corrected chi connectivity index (χ3v) is 11.2. The number of carbonyl (C=O) groups is 6. The molecule has 0 aliphatic carbocycles. The van der Waals surface area contributed by atoms with Gasteiger partial charge in [0.15, 0.2) is 36.6 Å². The largest absolute Gasteiger partial charge is 0.658 e. The number of ether oxygens (including phenoxy) is 4. The second-order valence-electron chi connectivity index (χ2n) is 20.8. The minimum atomic E-state index is -1.09. The van der Waals surface area contributed by atoms with Crippen LogP contribution >= 0.6 is 0 Å². The van der Waals surface area contributed by atoms with Crippen LogP contribution in [-0.2, 0) is 113 Å². The highest BCUT2D eigenvalue weighted by molar-refractivity contribution is 6.23. The summed E-state index contributed by atoms with van der Waals surface area (Å²) in [6.07, 6.45) is -5.62. The summed E-state index contributed by atoms with van der Waals surface area (Å²) < 4.78 is 97.8. The molecule has 0 aromatic heterocycles. The number of hydrogen-bond donors (Lipinski definition) is 0. The average molecular weight is 1230 g/mol. The van der Waals surface area contributed by atoms with Gasteiger partial charge in [0.25, 0.3) is 11.8 Å². The van der Waals surface area contributed by atoms with Gasteiger partial charge in [0.05, 0.1) is 36.6 Å². The molecular weight excluding hydrogens is 1140 g/mol. The van der Waals surface area contributed by atoms with Crippen LogP contribution in [0.25, 0.3) is 0 Å². The molecule has 482 valence electrons.